The molecule has 0 aliphatic heterocycles. The molecule has 2 heteroatoms. The Bertz CT molecular complexity index is 754. The first-order valence-electron chi connectivity index (χ1n) is 9.08. The molecule has 1 atom stereocenters. The van der Waals surface area contributed by atoms with Crippen molar-refractivity contribution in [3.8, 4) is 12.3 Å². The second kappa shape index (κ2) is 9.19. The molecule has 0 bridgehead atoms. The van der Waals surface area contributed by atoms with Gasteiger partial charge in [-0.25, -0.2) is 0 Å². The van der Waals surface area contributed by atoms with E-state index in [1.54, 1.807) is 7.11 Å². The van der Waals surface area contributed by atoms with Crippen LogP contribution in [0.3, 0.4) is 0 Å². The third-order valence-corrected chi connectivity index (χ3v) is 4.71. The summed E-state index contributed by atoms with van der Waals surface area (Å²) in [6.07, 6.45) is 5.84. The van der Waals surface area contributed by atoms with E-state index < -0.39 is 5.60 Å². The van der Waals surface area contributed by atoms with Crippen molar-refractivity contribution in [2.45, 2.75) is 18.1 Å². The van der Waals surface area contributed by atoms with Gasteiger partial charge in [-0.15, -0.1) is 12.3 Å². The first-order valence-corrected chi connectivity index (χ1v) is 9.08. The fourth-order valence-electron chi connectivity index (χ4n) is 3.33. The van der Waals surface area contributed by atoms with Crippen molar-refractivity contribution in [3.05, 3.63) is 108 Å². The summed E-state index contributed by atoms with van der Waals surface area (Å²) in [6, 6.07) is 30.9. The third kappa shape index (κ3) is 4.11. The van der Waals surface area contributed by atoms with Crippen LogP contribution in [-0.4, -0.2) is 19.8 Å². The van der Waals surface area contributed by atoms with Gasteiger partial charge < -0.3 is 9.47 Å². The minimum Gasteiger partial charge on any atom is -0.378 e. The molecular formula is C25H24O2. The molecule has 0 radical (unpaired) electrons. The van der Waals surface area contributed by atoms with Crippen molar-refractivity contribution in [1.29, 1.82) is 0 Å². The van der Waals surface area contributed by atoms with Crippen LogP contribution in [0.5, 0.6) is 0 Å². The van der Waals surface area contributed by atoms with Crippen molar-refractivity contribution >= 4 is 0 Å². The van der Waals surface area contributed by atoms with Crippen molar-refractivity contribution in [2.24, 2.45) is 0 Å². The Kier molecular flexibility index (Phi) is 6.44. The smallest absolute Gasteiger partial charge is 0.143 e. The van der Waals surface area contributed by atoms with E-state index >= 15 is 0 Å². The van der Waals surface area contributed by atoms with Crippen LogP contribution >= 0.6 is 0 Å². The van der Waals surface area contributed by atoms with Gasteiger partial charge in [-0.05, 0) is 16.7 Å². The van der Waals surface area contributed by atoms with Gasteiger partial charge in [0.25, 0.3) is 0 Å². The molecule has 0 spiro atoms. The minimum absolute atomic E-state index is 0.162. The van der Waals surface area contributed by atoms with Crippen LogP contribution in [0.2, 0.25) is 0 Å². The Balaban J connectivity index is 2.15. The van der Waals surface area contributed by atoms with E-state index in [4.69, 9.17) is 15.9 Å². The molecule has 3 rings (SSSR count). The van der Waals surface area contributed by atoms with E-state index in [9.17, 15) is 0 Å². The highest BCUT2D eigenvalue weighted by Gasteiger charge is 2.38. The topological polar surface area (TPSA) is 18.5 Å². The zero-order valence-electron chi connectivity index (χ0n) is 15.5. The Hall–Kier alpha value is -2.86. The highest BCUT2D eigenvalue weighted by Crippen LogP contribution is 2.40. The molecule has 27 heavy (non-hydrogen) atoms. The molecule has 0 aromatic heterocycles. The van der Waals surface area contributed by atoms with Gasteiger partial charge in [0.05, 0.1) is 12.7 Å². The molecule has 3 aromatic carbocycles. The normalized spacial score (nSPS) is 12.3. The van der Waals surface area contributed by atoms with Crippen molar-refractivity contribution in [1.82, 2.24) is 0 Å². The number of methoxy groups -OCH3 is 1. The molecule has 0 aliphatic rings. The van der Waals surface area contributed by atoms with Crippen LogP contribution in [0.4, 0.5) is 0 Å². The summed E-state index contributed by atoms with van der Waals surface area (Å²) in [7, 11) is 1.67. The van der Waals surface area contributed by atoms with E-state index in [0.29, 0.717) is 13.0 Å². The van der Waals surface area contributed by atoms with Crippen LogP contribution in [0.15, 0.2) is 91.0 Å². The molecule has 3 aromatic rings. The maximum Gasteiger partial charge on any atom is 0.143 e. The number of rotatable bonds is 8. The zero-order valence-corrected chi connectivity index (χ0v) is 15.5. The fraction of sp³-hybridized carbons (Fsp3) is 0.200. The zero-order chi connectivity index (χ0) is 19.0. The van der Waals surface area contributed by atoms with E-state index in [-0.39, 0.29) is 6.10 Å². The van der Waals surface area contributed by atoms with E-state index in [1.165, 1.54) is 0 Å². The summed E-state index contributed by atoms with van der Waals surface area (Å²) >= 11 is 0. The quantitative estimate of drug-likeness (QED) is 0.416. The van der Waals surface area contributed by atoms with Crippen LogP contribution in [0.25, 0.3) is 0 Å². The highest BCUT2D eigenvalue weighted by molar-refractivity contribution is 5.47. The third-order valence-electron chi connectivity index (χ3n) is 4.71. The van der Waals surface area contributed by atoms with Crippen molar-refractivity contribution in [3.63, 3.8) is 0 Å². The molecule has 0 unspecified atom stereocenters. The largest absolute Gasteiger partial charge is 0.378 e. The van der Waals surface area contributed by atoms with Gasteiger partial charge in [0, 0.05) is 13.5 Å². The monoisotopic (exact) mass is 356 g/mol. The molecule has 0 aliphatic carbocycles. The Labute approximate surface area is 161 Å². The molecule has 0 saturated carbocycles. The number of benzene rings is 3. The van der Waals surface area contributed by atoms with Gasteiger partial charge in [0.1, 0.15) is 5.60 Å². The molecule has 136 valence electrons. The lowest BCUT2D eigenvalue weighted by Gasteiger charge is -2.36. The summed E-state index contributed by atoms with van der Waals surface area (Å²) in [5.41, 5.74) is 2.46. The van der Waals surface area contributed by atoms with E-state index in [0.717, 1.165) is 16.7 Å². The molecule has 0 fully saturated rings. The second-order valence-corrected chi connectivity index (χ2v) is 6.36. The standard InChI is InChI=1S/C25H24O2/c1-3-13-24(26-2)20-27-25(21-14-7-4-8-15-21,22-16-9-5-10-17-22)23-18-11-6-12-19-23/h1,4-12,14-19,24H,13,20H2,2H3/t24-/m0/s1. The summed E-state index contributed by atoms with van der Waals surface area (Å²) < 4.78 is 12.2. The Morgan fingerprint density at radius 2 is 1.19 bits per heavy atom. The van der Waals surface area contributed by atoms with Crippen LogP contribution in [0.1, 0.15) is 23.1 Å². The summed E-state index contributed by atoms with van der Waals surface area (Å²) in [6.45, 7) is 0.388. The van der Waals surface area contributed by atoms with Gasteiger partial charge >= 0.3 is 0 Å². The lowest BCUT2D eigenvalue weighted by molar-refractivity contribution is -0.0496. The van der Waals surface area contributed by atoms with Gasteiger partial charge in [-0.3, -0.25) is 0 Å². The number of hydrogen-bond acceptors (Lipinski definition) is 2. The highest BCUT2D eigenvalue weighted by atomic mass is 16.5. The first kappa shape index (κ1) is 18.9. The number of terminal acetylenes is 1. The average Bonchev–Trinajstić information content (AvgIpc) is 2.75. The molecule has 0 heterocycles. The first-order chi connectivity index (χ1) is 13.3. The predicted molar refractivity (Wildman–Crippen MR) is 109 cm³/mol. The van der Waals surface area contributed by atoms with E-state index in [1.807, 2.05) is 54.6 Å². The lowest BCUT2D eigenvalue weighted by atomic mass is 9.80. The molecule has 2 nitrogen and oxygen atoms in total. The number of hydrogen-bond donors (Lipinski definition) is 0. The summed E-state index contributed by atoms with van der Waals surface area (Å²) in [4.78, 5) is 0. The van der Waals surface area contributed by atoms with Gasteiger partial charge in [-0.2, -0.15) is 0 Å². The fourth-order valence-corrected chi connectivity index (χ4v) is 3.33. The maximum absolute atomic E-state index is 6.67. The van der Waals surface area contributed by atoms with E-state index in [2.05, 4.69) is 42.3 Å². The Morgan fingerprint density at radius 1 is 0.778 bits per heavy atom. The molecular weight excluding hydrogens is 332 g/mol. The second-order valence-electron chi connectivity index (χ2n) is 6.36. The van der Waals surface area contributed by atoms with Crippen LogP contribution in [0, 0.1) is 12.3 Å². The molecule has 0 amide bonds. The Morgan fingerprint density at radius 3 is 1.52 bits per heavy atom. The SMILES string of the molecule is C#CC[C@@H](COC(c1ccccc1)(c1ccccc1)c1ccccc1)OC. The predicted octanol–water partition coefficient (Wildman–Crippen LogP) is 5.03. The van der Waals surface area contributed by atoms with Crippen LogP contribution in [-0.2, 0) is 15.1 Å². The summed E-state index contributed by atoms with van der Waals surface area (Å²) in [5, 5.41) is 0. The molecule has 0 saturated heterocycles. The minimum atomic E-state index is -0.741. The average molecular weight is 356 g/mol. The van der Waals surface area contributed by atoms with Gasteiger partial charge in [0.15, 0.2) is 0 Å². The molecule has 0 N–H and O–H groups in total. The van der Waals surface area contributed by atoms with Crippen molar-refractivity contribution in [2.75, 3.05) is 13.7 Å². The van der Waals surface area contributed by atoms with Gasteiger partial charge in [-0.1, -0.05) is 91.0 Å². The lowest BCUT2D eigenvalue weighted by Crippen LogP contribution is -2.36. The van der Waals surface area contributed by atoms with Crippen LogP contribution < -0.4 is 0 Å². The maximum atomic E-state index is 6.67. The number of ether oxygens (including phenoxy) is 2. The summed E-state index contributed by atoms with van der Waals surface area (Å²) in [5.74, 6) is 2.67. The van der Waals surface area contributed by atoms with Crippen molar-refractivity contribution < 1.29 is 9.47 Å². The van der Waals surface area contributed by atoms with Gasteiger partial charge in [0.2, 0.25) is 0 Å².